The Kier molecular flexibility index (Phi) is 5.36. The molecule has 1 aromatic heterocycles. The molecule has 114 valence electrons. The normalized spacial score (nSPS) is 12.3. The van der Waals surface area contributed by atoms with Crippen molar-refractivity contribution in [3.63, 3.8) is 0 Å². The zero-order valence-electron chi connectivity index (χ0n) is 11.0. The molecule has 7 nitrogen and oxygen atoms in total. The largest absolute Gasteiger partial charge is 0.378 e. The molecule has 1 aromatic carbocycles. The number of nitrogens with zero attached hydrogens (tertiary/aromatic N) is 2. The Labute approximate surface area is 137 Å². The summed E-state index contributed by atoms with van der Waals surface area (Å²) in [6.07, 6.45) is -0.0629. The van der Waals surface area contributed by atoms with E-state index in [1.807, 2.05) is 0 Å². The van der Waals surface area contributed by atoms with Gasteiger partial charge in [-0.2, -0.15) is 5.10 Å². The molecule has 1 atom stereocenters. The molecule has 1 heterocycles. The van der Waals surface area contributed by atoms with Crippen molar-refractivity contribution in [3.8, 4) is 0 Å². The number of thiophene rings is 1. The van der Waals surface area contributed by atoms with Crippen LogP contribution in [-0.2, 0) is 4.79 Å². The van der Waals surface area contributed by atoms with Crippen LogP contribution >= 0.6 is 27.3 Å². The van der Waals surface area contributed by atoms with Crippen molar-refractivity contribution in [1.82, 2.24) is 5.43 Å². The average molecular weight is 384 g/mol. The third-order valence-electron chi connectivity index (χ3n) is 2.62. The number of hydrazone groups is 1. The van der Waals surface area contributed by atoms with Crippen LogP contribution in [0.4, 0.5) is 5.69 Å². The third kappa shape index (κ3) is 4.20. The second kappa shape index (κ2) is 7.25. The van der Waals surface area contributed by atoms with Gasteiger partial charge in [-0.15, -0.1) is 11.3 Å². The average Bonchev–Trinajstić information content (AvgIpc) is 2.96. The van der Waals surface area contributed by atoms with E-state index >= 15 is 0 Å². The molecule has 0 unspecified atom stereocenters. The van der Waals surface area contributed by atoms with Crippen LogP contribution < -0.4 is 5.43 Å². The summed E-state index contributed by atoms with van der Waals surface area (Å²) in [6.45, 7) is 0. The van der Waals surface area contributed by atoms with Crippen LogP contribution in [0.1, 0.15) is 16.5 Å². The van der Waals surface area contributed by atoms with Crippen LogP contribution in [0.25, 0.3) is 0 Å². The second-order valence-corrected chi connectivity index (χ2v) is 6.01. The monoisotopic (exact) mass is 383 g/mol. The Morgan fingerprint density at radius 2 is 2.14 bits per heavy atom. The summed E-state index contributed by atoms with van der Waals surface area (Å²) < 4.78 is 0.834. The fourth-order valence-electron chi connectivity index (χ4n) is 1.52. The Morgan fingerprint density at radius 3 is 2.73 bits per heavy atom. The van der Waals surface area contributed by atoms with E-state index in [1.54, 1.807) is 24.3 Å². The van der Waals surface area contributed by atoms with Crippen LogP contribution in [-0.4, -0.2) is 22.2 Å². The summed E-state index contributed by atoms with van der Waals surface area (Å²) in [5, 5.41) is 25.4. The summed E-state index contributed by atoms with van der Waals surface area (Å²) in [5.41, 5.74) is 2.59. The van der Waals surface area contributed by atoms with E-state index in [1.165, 1.54) is 17.7 Å². The first-order valence-electron chi connectivity index (χ1n) is 5.97. The molecule has 2 rings (SSSR count). The highest BCUT2D eigenvalue weighted by atomic mass is 79.9. The van der Waals surface area contributed by atoms with Crippen molar-refractivity contribution < 1.29 is 14.8 Å². The number of hydrogen-bond acceptors (Lipinski definition) is 6. The highest BCUT2D eigenvalue weighted by Gasteiger charge is 2.16. The van der Waals surface area contributed by atoms with Gasteiger partial charge in [0.25, 0.3) is 11.6 Å². The molecule has 0 fully saturated rings. The van der Waals surface area contributed by atoms with Gasteiger partial charge in [-0.25, -0.2) is 5.43 Å². The molecule has 2 N–H and O–H groups in total. The maximum absolute atomic E-state index is 11.7. The highest BCUT2D eigenvalue weighted by molar-refractivity contribution is 9.10. The minimum atomic E-state index is -1.34. The molecule has 1 amide bonds. The van der Waals surface area contributed by atoms with E-state index in [0.717, 1.165) is 15.8 Å². The second-order valence-electron chi connectivity index (χ2n) is 4.15. The summed E-state index contributed by atoms with van der Waals surface area (Å²) in [6, 6.07) is 7.98. The molecule has 9 heteroatoms. The predicted molar refractivity (Wildman–Crippen MR) is 85.8 cm³/mol. The van der Waals surface area contributed by atoms with Gasteiger partial charge >= 0.3 is 0 Å². The van der Waals surface area contributed by atoms with Gasteiger partial charge in [0.2, 0.25) is 0 Å². The van der Waals surface area contributed by atoms with Gasteiger partial charge in [0.15, 0.2) is 6.10 Å². The molecule has 0 aliphatic rings. The highest BCUT2D eigenvalue weighted by Crippen LogP contribution is 2.19. The van der Waals surface area contributed by atoms with Gasteiger partial charge in [-0.1, -0.05) is 28.1 Å². The van der Waals surface area contributed by atoms with E-state index in [0.29, 0.717) is 10.4 Å². The maximum Gasteiger partial charge on any atom is 0.280 e. The Morgan fingerprint density at radius 1 is 1.45 bits per heavy atom. The van der Waals surface area contributed by atoms with Crippen LogP contribution in [0.15, 0.2) is 45.3 Å². The van der Waals surface area contributed by atoms with Gasteiger partial charge in [-0.05, 0) is 17.7 Å². The lowest BCUT2D eigenvalue weighted by Gasteiger charge is -2.08. The number of amides is 1. The molecule has 2 aromatic rings. The van der Waals surface area contributed by atoms with Crippen molar-refractivity contribution in [3.05, 3.63) is 60.7 Å². The first-order chi connectivity index (χ1) is 10.5. The van der Waals surface area contributed by atoms with E-state index < -0.39 is 16.9 Å². The predicted octanol–water partition coefficient (Wildman–Crippen LogP) is 2.60. The molecular formula is C13H10BrN3O4S. The summed E-state index contributed by atoms with van der Waals surface area (Å²) in [7, 11) is 0. The molecule has 0 spiro atoms. The zero-order valence-corrected chi connectivity index (χ0v) is 13.4. The van der Waals surface area contributed by atoms with Gasteiger partial charge < -0.3 is 5.11 Å². The van der Waals surface area contributed by atoms with E-state index in [4.69, 9.17) is 0 Å². The molecule has 0 bridgehead atoms. The lowest BCUT2D eigenvalue weighted by molar-refractivity contribution is -0.384. The molecular weight excluding hydrogens is 374 g/mol. The number of rotatable bonds is 5. The number of benzene rings is 1. The lowest BCUT2D eigenvalue weighted by Crippen LogP contribution is -2.25. The molecule has 0 saturated carbocycles. The number of nitrogens with one attached hydrogen (secondary N) is 1. The van der Waals surface area contributed by atoms with E-state index in [2.05, 4.69) is 26.5 Å². The van der Waals surface area contributed by atoms with Gasteiger partial charge in [-0.3, -0.25) is 14.9 Å². The first-order valence-corrected chi connectivity index (χ1v) is 7.64. The molecule has 0 radical (unpaired) electrons. The van der Waals surface area contributed by atoms with E-state index in [9.17, 15) is 20.0 Å². The first kappa shape index (κ1) is 16.3. The molecule has 0 saturated heterocycles. The maximum atomic E-state index is 11.7. The number of carbonyl (C=O) groups excluding carboxylic acids is 1. The van der Waals surface area contributed by atoms with Crippen molar-refractivity contribution in [2.75, 3.05) is 0 Å². The number of aliphatic hydroxyl groups is 1. The van der Waals surface area contributed by atoms with Crippen LogP contribution in [0, 0.1) is 10.1 Å². The summed E-state index contributed by atoms with van der Waals surface area (Å²) >= 11 is 4.38. The number of nitro groups is 1. The number of hydrogen-bond donors (Lipinski definition) is 2. The topological polar surface area (TPSA) is 105 Å². The molecule has 0 aliphatic heterocycles. The smallest absolute Gasteiger partial charge is 0.280 e. The summed E-state index contributed by atoms with van der Waals surface area (Å²) in [4.78, 5) is 22.3. The Bertz CT molecular complexity index is 714. The van der Waals surface area contributed by atoms with E-state index in [-0.39, 0.29) is 5.69 Å². The van der Waals surface area contributed by atoms with Crippen LogP contribution in [0.3, 0.4) is 0 Å². The van der Waals surface area contributed by atoms with Gasteiger partial charge in [0.1, 0.15) is 0 Å². The van der Waals surface area contributed by atoms with Gasteiger partial charge in [0.05, 0.1) is 21.4 Å². The number of halogens is 1. The van der Waals surface area contributed by atoms with Crippen LogP contribution in [0.2, 0.25) is 0 Å². The number of aliphatic hydroxyl groups excluding tert-OH is 1. The fourth-order valence-corrected chi connectivity index (χ4v) is 2.50. The van der Waals surface area contributed by atoms with Crippen molar-refractivity contribution >= 4 is 45.1 Å². The van der Waals surface area contributed by atoms with Crippen LogP contribution in [0.5, 0.6) is 0 Å². The minimum Gasteiger partial charge on any atom is -0.378 e. The van der Waals surface area contributed by atoms with Crippen molar-refractivity contribution in [2.45, 2.75) is 6.10 Å². The summed E-state index contributed by atoms with van der Waals surface area (Å²) in [5.74, 6) is -0.690. The fraction of sp³-hybridized carbons (Fsp3) is 0.0769. The number of carbonyl (C=O) groups is 1. The molecule has 22 heavy (non-hydrogen) atoms. The third-order valence-corrected chi connectivity index (χ3v) is 4.00. The Balaban J connectivity index is 1.95. The van der Waals surface area contributed by atoms with Crippen molar-refractivity contribution in [2.24, 2.45) is 5.10 Å². The SMILES string of the molecule is O=C(N/N=C\c1cc([N+](=O)[O-])cs1)[C@H](O)c1ccc(Br)cc1. The molecule has 0 aliphatic carbocycles. The minimum absolute atomic E-state index is 0.0346. The zero-order chi connectivity index (χ0) is 16.1. The standard InChI is InChI=1S/C13H10BrN3O4S/c14-9-3-1-8(2-4-9)12(18)13(19)16-15-6-11-5-10(7-22-11)17(20)21/h1-7,12,18H,(H,16,19)/b15-6-/t12-/m1/s1. The van der Waals surface area contributed by atoms with Crippen molar-refractivity contribution in [1.29, 1.82) is 0 Å². The Hall–Kier alpha value is -2.10. The van der Waals surface area contributed by atoms with Gasteiger partial charge in [0, 0.05) is 10.5 Å². The quantitative estimate of drug-likeness (QED) is 0.470. The lowest BCUT2D eigenvalue weighted by atomic mass is 10.1.